The van der Waals surface area contributed by atoms with Crippen LogP contribution in [-0.2, 0) is 4.74 Å². The zero-order valence-corrected chi connectivity index (χ0v) is 13.7. The van der Waals surface area contributed by atoms with Crippen molar-refractivity contribution in [3.8, 4) is 0 Å². The van der Waals surface area contributed by atoms with Crippen LogP contribution >= 0.6 is 0 Å². The second kappa shape index (κ2) is 9.22. The van der Waals surface area contributed by atoms with Crippen LogP contribution in [0.3, 0.4) is 0 Å². The van der Waals surface area contributed by atoms with Crippen LogP contribution in [0.25, 0.3) is 0 Å². The molecule has 2 rings (SSSR count). The third-order valence-corrected chi connectivity index (χ3v) is 4.46. The normalized spacial score (nSPS) is 16.7. The van der Waals surface area contributed by atoms with Crippen molar-refractivity contribution in [2.24, 2.45) is 0 Å². The van der Waals surface area contributed by atoms with E-state index in [2.05, 4.69) is 43.4 Å². The lowest BCUT2D eigenvalue weighted by Gasteiger charge is -2.26. The van der Waals surface area contributed by atoms with Gasteiger partial charge in [-0.1, -0.05) is 44.5 Å². The van der Waals surface area contributed by atoms with Crippen LogP contribution in [0.15, 0.2) is 24.3 Å². The summed E-state index contributed by atoms with van der Waals surface area (Å²) in [5.74, 6) is 0.828. The van der Waals surface area contributed by atoms with Crippen molar-refractivity contribution in [3.63, 3.8) is 0 Å². The molecule has 1 atom stereocenters. The fourth-order valence-electron chi connectivity index (χ4n) is 2.89. The summed E-state index contributed by atoms with van der Waals surface area (Å²) in [5, 5.41) is 3.66. The van der Waals surface area contributed by atoms with E-state index in [1.807, 2.05) is 0 Å². The van der Waals surface area contributed by atoms with Gasteiger partial charge in [0.15, 0.2) is 0 Å². The van der Waals surface area contributed by atoms with Gasteiger partial charge in [-0.25, -0.2) is 0 Å². The molecule has 0 heterocycles. The summed E-state index contributed by atoms with van der Waals surface area (Å²) < 4.78 is 5.66. The molecule has 2 nitrogen and oxygen atoms in total. The summed E-state index contributed by atoms with van der Waals surface area (Å²) in [6, 6.07) is 9.75. The van der Waals surface area contributed by atoms with Gasteiger partial charge in [0.25, 0.3) is 0 Å². The number of hydrogen-bond acceptors (Lipinski definition) is 2. The minimum absolute atomic E-state index is 0.428. The number of rotatable bonds is 10. The number of benzene rings is 1. The fraction of sp³-hybridized carbons (Fsp3) is 0.684. The maximum Gasteiger partial charge on any atom is 0.0484 e. The van der Waals surface area contributed by atoms with E-state index >= 15 is 0 Å². The Balaban J connectivity index is 1.90. The second-order valence-corrected chi connectivity index (χ2v) is 6.20. The Bertz CT molecular complexity index is 383. The Morgan fingerprint density at radius 1 is 1.10 bits per heavy atom. The van der Waals surface area contributed by atoms with E-state index in [9.17, 15) is 0 Å². The van der Waals surface area contributed by atoms with Gasteiger partial charge in [-0.05, 0) is 55.7 Å². The summed E-state index contributed by atoms with van der Waals surface area (Å²) in [7, 11) is 0. The van der Waals surface area contributed by atoms with Gasteiger partial charge in [0.05, 0.1) is 0 Å². The molecule has 0 spiro atoms. The molecule has 1 saturated carbocycles. The van der Waals surface area contributed by atoms with Crippen LogP contribution in [-0.4, -0.2) is 19.8 Å². The van der Waals surface area contributed by atoms with Crippen molar-refractivity contribution < 1.29 is 4.74 Å². The SMILES string of the molecule is CCCNC(CCOCCC)c1ccc(C2CCC2)cc1. The molecule has 0 radical (unpaired) electrons. The quantitative estimate of drug-likeness (QED) is 0.624. The molecule has 0 aliphatic heterocycles. The first-order valence-electron chi connectivity index (χ1n) is 8.76. The Hall–Kier alpha value is -0.860. The maximum absolute atomic E-state index is 5.66. The molecule has 0 bridgehead atoms. The van der Waals surface area contributed by atoms with Crippen LogP contribution in [0.2, 0.25) is 0 Å². The van der Waals surface area contributed by atoms with Gasteiger partial charge < -0.3 is 10.1 Å². The topological polar surface area (TPSA) is 21.3 Å². The van der Waals surface area contributed by atoms with Gasteiger partial charge in [-0.2, -0.15) is 0 Å². The molecular formula is C19H31NO. The van der Waals surface area contributed by atoms with Gasteiger partial charge in [-0.15, -0.1) is 0 Å². The molecule has 1 aliphatic carbocycles. The van der Waals surface area contributed by atoms with Gasteiger partial charge >= 0.3 is 0 Å². The summed E-state index contributed by atoms with van der Waals surface area (Å²) in [6.07, 6.45) is 7.49. The molecule has 118 valence electrons. The van der Waals surface area contributed by atoms with E-state index in [0.29, 0.717) is 6.04 Å². The van der Waals surface area contributed by atoms with E-state index in [1.54, 1.807) is 0 Å². The van der Waals surface area contributed by atoms with E-state index in [4.69, 9.17) is 4.74 Å². The largest absolute Gasteiger partial charge is 0.381 e. The number of hydrogen-bond donors (Lipinski definition) is 1. The molecule has 0 aromatic heterocycles. The lowest BCUT2D eigenvalue weighted by molar-refractivity contribution is 0.124. The van der Waals surface area contributed by atoms with Crippen molar-refractivity contribution in [3.05, 3.63) is 35.4 Å². The highest BCUT2D eigenvalue weighted by Gasteiger charge is 2.19. The molecule has 1 fully saturated rings. The van der Waals surface area contributed by atoms with Crippen LogP contribution in [0, 0.1) is 0 Å². The molecular weight excluding hydrogens is 258 g/mol. The average molecular weight is 289 g/mol. The van der Waals surface area contributed by atoms with Crippen LogP contribution in [0.1, 0.15) is 75.5 Å². The average Bonchev–Trinajstić information content (AvgIpc) is 2.46. The van der Waals surface area contributed by atoms with Gasteiger partial charge in [-0.3, -0.25) is 0 Å². The molecule has 1 aliphatic rings. The second-order valence-electron chi connectivity index (χ2n) is 6.20. The van der Waals surface area contributed by atoms with Crippen molar-refractivity contribution >= 4 is 0 Å². The van der Waals surface area contributed by atoms with E-state index in [0.717, 1.165) is 38.5 Å². The fourth-order valence-corrected chi connectivity index (χ4v) is 2.89. The highest BCUT2D eigenvalue weighted by atomic mass is 16.5. The smallest absolute Gasteiger partial charge is 0.0484 e. The predicted molar refractivity (Wildman–Crippen MR) is 89.8 cm³/mol. The van der Waals surface area contributed by atoms with E-state index < -0.39 is 0 Å². The third-order valence-electron chi connectivity index (χ3n) is 4.46. The van der Waals surface area contributed by atoms with Crippen molar-refractivity contribution in [1.82, 2.24) is 5.32 Å². The highest BCUT2D eigenvalue weighted by molar-refractivity contribution is 5.28. The predicted octanol–water partition coefficient (Wildman–Crippen LogP) is 4.81. The van der Waals surface area contributed by atoms with Crippen LogP contribution in [0.5, 0.6) is 0 Å². The molecule has 1 aromatic carbocycles. The number of nitrogens with one attached hydrogen (secondary N) is 1. The Morgan fingerprint density at radius 3 is 2.43 bits per heavy atom. The first-order valence-corrected chi connectivity index (χ1v) is 8.76. The molecule has 0 amide bonds. The van der Waals surface area contributed by atoms with E-state index in [1.165, 1.54) is 36.8 Å². The first-order chi connectivity index (χ1) is 10.3. The lowest BCUT2D eigenvalue weighted by atomic mass is 9.80. The standard InChI is InChI=1S/C19H31NO/c1-3-13-20-19(12-15-21-14-4-2)18-10-8-17(9-11-18)16-6-5-7-16/h8-11,16,19-20H,3-7,12-15H2,1-2H3. The van der Waals surface area contributed by atoms with Crippen LogP contribution < -0.4 is 5.32 Å². The highest BCUT2D eigenvalue weighted by Crippen LogP contribution is 2.36. The molecule has 2 heteroatoms. The summed E-state index contributed by atoms with van der Waals surface area (Å²) >= 11 is 0. The third kappa shape index (κ3) is 5.12. The van der Waals surface area contributed by atoms with Crippen molar-refractivity contribution in [2.45, 2.75) is 64.3 Å². The summed E-state index contributed by atoms with van der Waals surface area (Å²) in [6.45, 7) is 7.17. The Kier molecular flexibility index (Phi) is 7.25. The molecule has 1 aromatic rings. The van der Waals surface area contributed by atoms with Gasteiger partial charge in [0, 0.05) is 19.3 Å². The lowest BCUT2D eigenvalue weighted by Crippen LogP contribution is -2.23. The minimum atomic E-state index is 0.428. The molecule has 1 N–H and O–H groups in total. The Labute approximate surface area is 130 Å². The number of ether oxygens (including phenoxy) is 1. The Morgan fingerprint density at radius 2 is 1.86 bits per heavy atom. The summed E-state index contributed by atoms with van der Waals surface area (Å²) in [4.78, 5) is 0. The molecule has 0 saturated heterocycles. The van der Waals surface area contributed by atoms with Crippen molar-refractivity contribution in [1.29, 1.82) is 0 Å². The van der Waals surface area contributed by atoms with E-state index in [-0.39, 0.29) is 0 Å². The zero-order chi connectivity index (χ0) is 14.9. The van der Waals surface area contributed by atoms with Crippen molar-refractivity contribution in [2.75, 3.05) is 19.8 Å². The molecule has 1 unspecified atom stereocenters. The molecule has 21 heavy (non-hydrogen) atoms. The monoisotopic (exact) mass is 289 g/mol. The maximum atomic E-state index is 5.66. The zero-order valence-electron chi connectivity index (χ0n) is 13.7. The van der Waals surface area contributed by atoms with Gasteiger partial charge in [0.1, 0.15) is 0 Å². The van der Waals surface area contributed by atoms with Crippen LogP contribution in [0.4, 0.5) is 0 Å². The summed E-state index contributed by atoms with van der Waals surface area (Å²) in [5.41, 5.74) is 2.94. The first kappa shape index (κ1) is 16.5. The minimum Gasteiger partial charge on any atom is -0.381 e. The van der Waals surface area contributed by atoms with Gasteiger partial charge in [0.2, 0.25) is 0 Å².